The minimum atomic E-state index is 0.360. The zero-order chi connectivity index (χ0) is 9.80. The first-order chi connectivity index (χ1) is 6.86. The number of thioether (sulfide) groups is 1. The third-order valence-electron chi connectivity index (χ3n) is 2.71. The summed E-state index contributed by atoms with van der Waals surface area (Å²) in [5.74, 6) is 1.31. The van der Waals surface area contributed by atoms with Gasteiger partial charge in [-0.05, 0) is 36.5 Å². The third kappa shape index (κ3) is 2.75. The predicted molar refractivity (Wildman–Crippen MR) is 66.1 cm³/mol. The first-order valence-electron chi connectivity index (χ1n) is 5.26. The highest BCUT2D eigenvalue weighted by atomic mass is 32.2. The van der Waals surface area contributed by atoms with Crippen molar-refractivity contribution in [2.75, 3.05) is 5.75 Å². The van der Waals surface area contributed by atoms with E-state index in [9.17, 15) is 0 Å². The molecule has 1 aliphatic heterocycles. The van der Waals surface area contributed by atoms with Crippen molar-refractivity contribution in [2.45, 2.75) is 37.0 Å². The van der Waals surface area contributed by atoms with Gasteiger partial charge in [-0.15, -0.1) is 11.3 Å². The lowest BCUT2D eigenvalue weighted by Crippen LogP contribution is -2.35. The van der Waals surface area contributed by atoms with E-state index >= 15 is 0 Å². The molecule has 1 aliphatic rings. The van der Waals surface area contributed by atoms with E-state index < -0.39 is 0 Å². The summed E-state index contributed by atoms with van der Waals surface area (Å²) in [7, 11) is 0. The van der Waals surface area contributed by atoms with Gasteiger partial charge in [0.15, 0.2) is 0 Å². The Labute approximate surface area is 94.1 Å². The van der Waals surface area contributed by atoms with Gasteiger partial charge in [0.2, 0.25) is 0 Å². The molecule has 2 heterocycles. The van der Waals surface area contributed by atoms with Crippen LogP contribution in [0, 0.1) is 0 Å². The quantitative estimate of drug-likeness (QED) is 0.859. The normalized spacial score (nSPS) is 24.8. The first-order valence-corrected chi connectivity index (χ1v) is 7.18. The van der Waals surface area contributed by atoms with Crippen molar-refractivity contribution >= 4 is 23.1 Å². The van der Waals surface area contributed by atoms with E-state index in [1.54, 1.807) is 0 Å². The summed E-state index contributed by atoms with van der Waals surface area (Å²) >= 11 is 3.90. The molecule has 0 saturated carbocycles. The molecule has 78 valence electrons. The van der Waals surface area contributed by atoms with E-state index in [1.165, 1.54) is 29.9 Å². The standard InChI is InChI=1S/C11H17NS2/c12-10(8-9-4-3-7-13-9)11-5-1-2-6-14-11/h3-4,7,10-11H,1-2,5-6,8,12H2. The molecule has 3 heteroatoms. The Hall–Kier alpha value is 0.01000. The van der Waals surface area contributed by atoms with Crippen molar-refractivity contribution in [1.29, 1.82) is 0 Å². The minimum absolute atomic E-state index is 0.360. The van der Waals surface area contributed by atoms with Gasteiger partial charge in [0.25, 0.3) is 0 Å². The zero-order valence-corrected chi connectivity index (χ0v) is 9.95. The lowest BCUT2D eigenvalue weighted by molar-refractivity contribution is 0.562. The molecule has 1 aromatic heterocycles. The molecule has 0 spiro atoms. The molecule has 1 aromatic rings. The predicted octanol–water partition coefficient (Wildman–Crippen LogP) is 2.90. The van der Waals surface area contributed by atoms with Gasteiger partial charge in [-0.25, -0.2) is 0 Å². The molecule has 2 N–H and O–H groups in total. The van der Waals surface area contributed by atoms with Crippen molar-refractivity contribution in [3.8, 4) is 0 Å². The summed E-state index contributed by atoms with van der Waals surface area (Å²) in [6.07, 6.45) is 5.13. The summed E-state index contributed by atoms with van der Waals surface area (Å²) < 4.78 is 0. The van der Waals surface area contributed by atoms with Crippen LogP contribution in [0.4, 0.5) is 0 Å². The van der Waals surface area contributed by atoms with Crippen LogP contribution in [0.1, 0.15) is 24.1 Å². The molecule has 14 heavy (non-hydrogen) atoms. The number of nitrogens with two attached hydrogens (primary N) is 1. The highest BCUT2D eigenvalue weighted by Crippen LogP contribution is 2.28. The van der Waals surface area contributed by atoms with Crippen molar-refractivity contribution in [2.24, 2.45) is 5.73 Å². The molecule has 0 bridgehead atoms. The SMILES string of the molecule is NC(Cc1cccs1)C1CCCCS1. The average molecular weight is 227 g/mol. The maximum atomic E-state index is 6.23. The fourth-order valence-electron chi connectivity index (χ4n) is 1.90. The maximum Gasteiger partial charge on any atom is 0.0207 e. The Kier molecular flexibility index (Phi) is 3.90. The van der Waals surface area contributed by atoms with E-state index in [2.05, 4.69) is 29.3 Å². The number of hydrogen-bond acceptors (Lipinski definition) is 3. The second-order valence-corrected chi connectivity index (χ2v) is 6.23. The summed E-state index contributed by atoms with van der Waals surface area (Å²) in [5, 5.41) is 2.83. The van der Waals surface area contributed by atoms with Gasteiger partial charge in [0.1, 0.15) is 0 Å². The second-order valence-electron chi connectivity index (χ2n) is 3.85. The smallest absolute Gasteiger partial charge is 0.0207 e. The molecule has 0 radical (unpaired) electrons. The fraction of sp³-hybridized carbons (Fsp3) is 0.636. The molecule has 1 nitrogen and oxygen atoms in total. The highest BCUT2D eigenvalue weighted by molar-refractivity contribution is 8.00. The fourth-order valence-corrected chi connectivity index (χ4v) is 4.02. The van der Waals surface area contributed by atoms with Gasteiger partial charge in [-0.2, -0.15) is 11.8 Å². The van der Waals surface area contributed by atoms with Gasteiger partial charge >= 0.3 is 0 Å². The van der Waals surface area contributed by atoms with Gasteiger partial charge in [0, 0.05) is 16.2 Å². The van der Waals surface area contributed by atoms with Crippen molar-refractivity contribution in [3.05, 3.63) is 22.4 Å². The molecular weight excluding hydrogens is 210 g/mol. The highest BCUT2D eigenvalue weighted by Gasteiger charge is 2.21. The Morgan fingerprint density at radius 2 is 2.43 bits per heavy atom. The van der Waals surface area contributed by atoms with Crippen LogP contribution in [0.2, 0.25) is 0 Å². The van der Waals surface area contributed by atoms with Crippen LogP contribution in [-0.4, -0.2) is 17.0 Å². The number of rotatable bonds is 3. The number of thiophene rings is 1. The lowest BCUT2D eigenvalue weighted by Gasteiger charge is -2.26. The summed E-state index contributed by atoms with van der Waals surface area (Å²) in [6, 6.07) is 4.66. The van der Waals surface area contributed by atoms with Crippen LogP contribution >= 0.6 is 23.1 Å². The summed E-state index contributed by atoms with van der Waals surface area (Å²) in [5.41, 5.74) is 6.23. The molecule has 2 rings (SSSR count). The molecule has 0 aromatic carbocycles. The van der Waals surface area contributed by atoms with Crippen molar-refractivity contribution < 1.29 is 0 Å². The van der Waals surface area contributed by atoms with Crippen LogP contribution in [0.15, 0.2) is 17.5 Å². The minimum Gasteiger partial charge on any atom is -0.326 e. The average Bonchev–Trinajstić information content (AvgIpc) is 2.72. The topological polar surface area (TPSA) is 26.0 Å². The monoisotopic (exact) mass is 227 g/mol. The van der Waals surface area contributed by atoms with Gasteiger partial charge in [-0.3, -0.25) is 0 Å². The first kappa shape index (κ1) is 10.5. The van der Waals surface area contributed by atoms with Gasteiger partial charge in [0.05, 0.1) is 0 Å². The van der Waals surface area contributed by atoms with Crippen LogP contribution < -0.4 is 5.73 Å². The van der Waals surface area contributed by atoms with Gasteiger partial charge < -0.3 is 5.73 Å². The maximum absolute atomic E-state index is 6.23. The van der Waals surface area contributed by atoms with Crippen molar-refractivity contribution in [3.63, 3.8) is 0 Å². The Bertz CT molecular complexity index is 252. The second kappa shape index (κ2) is 5.19. The third-order valence-corrected chi connectivity index (χ3v) is 5.15. The summed E-state index contributed by atoms with van der Waals surface area (Å²) in [4.78, 5) is 1.43. The van der Waals surface area contributed by atoms with Crippen LogP contribution in [0.25, 0.3) is 0 Å². The molecule has 2 unspecified atom stereocenters. The molecule has 1 saturated heterocycles. The van der Waals surface area contributed by atoms with Crippen LogP contribution in [0.5, 0.6) is 0 Å². The van der Waals surface area contributed by atoms with E-state index in [0.29, 0.717) is 11.3 Å². The van der Waals surface area contributed by atoms with E-state index in [0.717, 1.165) is 6.42 Å². The Balaban J connectivity index is 1.85. The van der Waals surface area contributed by atoms with E-state index in [4.69, 9.17) is 5.73 Å². The number of hydrogen-bond donors (Lipinski definition) is 1. The van der Waals surface area contributed by atoms with E-state index in [-0.39, 0.29) is 0 Å². The largest absolute Gasteiger partial charge is 0.326 e. The zero-order valence-electron chi connectivity index (χ0n) is 8.32. The molecular formula is C11H17NS2. The van der Waals surface area contributed by atoms with Crippen LogP contribution in [-0.2, 0) is 6.42 Å². The Morgan fingerprint density at radius 3 is 3.07 bits per heavy atom. The molecule has 1 fully saturated rings. The Morgan fingerprint density at radius 1 is 1.50 bits per heavy atom. The molecule has 0 amide bonds. The lowest BCUT2D eigenvalue weighted by atomic mass is 10.0. The molecule has 0 aliphatic carbocycles. The molecule has 2 atom stereocenters. The van der Waals surface area contributed by atoms with Gasteiger partial charge in [-0.1, -0.05) is 12.5 Å². The van der Waals surface area contributed by atoms with Crippen molar-refractivity contribution in [1.82, 2.24) is 0 Å². The summed E-state index contributed by atoms with van der Waals surface area (Å²) in [6.45, 7) is 0. The van der Waals surface area contributed by atoms with Crippen LogP contribution in [0.3, 0.4) is 0 Å². The van der Waals surface area contributed by atoms with E-state index in [1.807, 2.05) is 11.3 Å².